The zero-order chi connectivity index (χ0) is 12.3. The third-order valence-electron chi connectivity index (χ3n) is 2.57. The average Bonchev–Trinajstić information content (AvgIpc) is 2.73. The average molecular weight is 314 g/mol. The van der Waals surface area contributed by atoms with Gasteiger partial charge in [0.1, 0.15) is 5.82 Å². The molecular weight excluding hydrogens is 301 g/mol. The lowest BCUT2D eigenvalue weighted by atomic mass is 10.1. The van der Waals surface area contributed by atoms with Crippen LogP contribution in [0.2, 0.25) is 0 Å². The van der Waals surface area contributed by atoms with Gasteiger partial charge in [0.05, 0.1) is 0 Å². The van der Waals surface area contributed by atoms with Crippen LogP contribution >= 0.6 is 27.3 Å². The van der Waals surface area contributed by atoms with E-state index in [0.717, 1.165) is 16.6 Å². The summed E-state index contributed by atoms with van der Waals surface area (Å²) in [5.74, 6) is -0.192. The van der Waals surface area contributed by atoms with Gasteiger partial charge in [-0.3, -0.25) is 0 Å². The Morgan fingerprint density at radius 3 is 2.65 bits per heavy atom. The van der Waals surface area contributed by atoms with Crippen molar-refractivity contribution in [2.75, 3.05) is 0 Å². The summed E-state index contributed by atoms with van der Waals surface area (Å²) in [6, 6.07) is 8.95. The summed E-state index contributed by atoms with van der Waals surface area (Å²) in [6.07, 6.45) is 0. The molecule has 17 heavy (non-hydrogen) atoms. The maximum atomic E-state index is 12.8. The molecule has 0 saturated heterocycles. The van der Waals surface area contributed by atoms with Crippen molar-refractivity contribution in [2.24, 2.45) is 0 Å². The highest BCUT2D eigenvalue weighted by Gasteiger charge is 2.05. The van der Waals surface area contributed by atoms with Crippen molar-refractivity contribution in [1.82, 2.24) is 5.32 Å². The molecule has 1 atom stereocenters. The molecule has 0 spiro atoms. The first-order valence-electron chi connectivity index (χ1n) is 5.37. The van der Waals surface area contributed by atoms with Gasteiger partial charge in [-0.2, -0.15) is 0 Å². The minimum atomic E-state index is -0.192. The van der Waals surface area contributed by atoms with E-state index in [0.29, 0.717) is 0 Å². The highest BCUT2D eigenvalue weighted by Crippen LogP contribution is 2.20. The molecule has 0 aliphatic rings. The van der Waals surface area contributed by atoms with Gasteiger partial charge in [0.2, 0.25) is 0 Å². The summed E-state index contributed by atoms with van der Waals surface area (Å²) in [4.78, 5) is 1.28. The van der Waals surface area contributed by atoms with Crippen LogP contribution in [-0.2, 0) is 6.54 Å². The van der Waals surface area contributed by atoms with E-state index in [-0.39, 0.29) is 11.9 Å². The van der Waals surface area contributed by atoms with Gasteiger partial charge in [-0.05, 0) is 46.6 Å². The molecule has 4 heteroatoms. The second-order valence-corrected chi connectivity index (χ2v) is 5.80. The van der Waals surface area contributed by atoms with E-state index in [4.69, 9.17) is 0 Å². The van der Waals surface area contributed by atoms with Gasteiger partial charge in [0.15, 0.2) is 0 Å². The molecular formula is C13H13BrFNS. The zero-order valence-electron chi connectivity index (χ0n) is 9.41. The molecule has 1 unspecified atom stereocenters. The Morgan fingerprint density at radius 1 is 1.35 bits per heavy atom. The van der Waals surface area contributed by atoms with Crippen molar-refractivity contribution in [3.05, 3.63) is 56.4 Å². The largest absolute Gasteiger partial charge is 0.305 e. The first-order valence-corrected chi connectivity index (χ1v) is 7.04. The molecule has 0 amide bonds. The van der Waals surface area contributed by atoms with Crippen LogP contribution in [0.4, 0.5) is 4.39 Å². The lowest BCUT2D eigenvalue weighted by Crippen LogP contribution is -2.17. The van der Waals surface area contributed by atoms with Gasteiger partial charge in [-0.1, -0.05) is 12.1 Å². The van der Waals surface area contributed by atoms with Crippen molar-refractivity contribution in [1.29, 1.82) is 0 Å². The molecule has 1 aromatic heterocycles. The van der Waals surface area contributed by atoms with Crippen LogP contribution in [-0.4, -0.2) is 0 Å². The van der Waals surface area contributed by atoms with E-state index in [1.807, 2.05) is 12.1 Å². The van der Waals surface area contributed by atoms with Crippen LogP contribution in [0.25, 0.3) is 0 Å². The molecule has 0 radical (unpaired) electrons. The first-order chi connectivity index (χ1) is 8.15. The van der Waals surface area contributed by atoms with Crippen molar-refractivity contribution in [3.8, 4) is 0 Å². The van der Waals surface area contributed by atoms with Gasteiger partial charge in [-0.25, -0.2) is 4.39 Å². The number of hydrogen-bond acceptors (Lipinski definition) is 2. The minimum Gasteiger partial charge on any atom is -0.305 e. The maximum Gasteiger partial charge on any atom is 0.123 e. The third kappa shape index (κ3) is 3.63. The van der Waals surface area contributed by atoms with Gasteiger partial charge in [0, 0.05) is 27.3 Å². The Hall–Kier alpha value is -0.710. The van der Waals surface area contributed by atoms with E-state index in [2.05, 4.69) is 39.6 Å². The first kappa shape index (κ1) is 12.7. The van der Waals surface area contributed by atoms with Crippen molar-refractivity contribution in [3.63, 3.8) is 0 Å². The second kappa shape index (κ2) is 5.76. The molecule has 1 nitrogen and oxygen atoms in total. The Morgan fingerprint density at radius 2 is 2.06 bits per heavy atom. The number of thiophene rings is 1. The van der Waals surface area contributed by atoms with E-state index in [1.165, 1.54) is 17.0 Å². The van der Waals surface area contributed by atoms with Crippen molar-refractivity contribution >= 4 is 27.3 Å². The standard InChI is InChI=1S/C13H13BrFNS/c1-9(10-2-4-12(15)5-3-10)16-7-13-6-11(14)8-17-13/h2-6,8-9,16H,7H2,1H3. The topological polar surface area (TPSA) is 12.0 Å². The molecule has 0 saturated carbocycles. The Kier molecular flexibility index (Phi) is 4.31. The number of halogens is 2. The van der Waals surface area contributed by atoms with Crippen LogP contribution in [0.5, 0.6) is 0 Å². The molecule has 1 heterocycles. The highest BCUT2D eigenvalue weighted by molar-refractivity contribution is 9.10. The van der Waals surface area contributed by atoms with Gasteiger partial charge >= 0.3 is 0 Å². The maximum absolute atomic E-state index is 12.8. The van der Waals surface area contributed by atoms with Crippen LogP contribution in [0.1, 0.15) is 23.4 Å². The van der Waals surface area contributed by atoms with Gasteiger partial charge in [0.25, 0.3) is 0 Å². The van der Waals surface area contributed by atoms with Crippen LogP contribution < -0.4 is 5.32 Å². The molecule has 0 fully saturated rings. The van der Waals surface area contributed by atoms with E-state index in [1.54, 1.807) is 11.3 Å². The van der Waals surface area contributed by atoms with Gasteiger partial charge < -0.3 is 5.32 Å². The molecule has 0 aliphatic heterocycles. The van der Waals surface area contributed by atoms with E-state index in [9.17, 15) is 4.39 Å². The highest BCUT2D eigenvalue weighted by atomic mass is 79.9. The molecule has 2 aromatic rings. The quantitative estimate of drug-likeness (QED) is 0.876. The lowest BCUT2D eigenvalue weighted by molar-refractivity contribution is 0.575. The number of rotatable bonds is 4. The van der Waals surface area contributed by atoms with E-state index < -0.39 is 0 Å². The third-order valence-corrected chi connectivity index (χ3v) is 4.27. The monoisotopic (exact) mass is 313 g/mol. The van der Waals surface area contributed by atoms with Crippen LogP contribution in [0.3, 0.4) is 0 Å². The fraction of sp³-hybridized carbons (Fsp3) is 0.231. The number of hydrogen-bond donors (Lipinski definition) is 1. The van der Waals surface area contributed by atoms with Crippen molar-refractivity contribution < 1.29 is 4.39 Å². The molecule has 1 N–H and O–H groups in total. The van der Waals surface area contributed by atoms with E-state index >= 15 is 0 Å². The summed E-state index contributed by atoms with van der Waals surface area (Å²) >= 11 is 5.15. The predicted octanol–water partition coefficient (Wildman–Crippen LogP) is 4.50. The van der Waals surface area contributed by atoms with Crippen LogP contribution in [0, 0.1) is 5.82 Å². The molecule has 1 aromatic carbocycles. The number of nitrogens with one attached hydrogen (secondary N) is 1. The smallest absolute Gasteiger partial charge is 0.123 e. The Labute approximate surface area is 113 Å². The Balaban J connectivity index is 1.93. The fourth-order valence-corrected chi connectivity index (χ4v) is 2.97. The fourth-order valence-electron chi connectivity index (χ4n) is 1.57. The summed E-state index contributed by atoms with van der Waals surface area (Å²) in [5.41, 5.74) is 1.10. The summed E-state index contributed by atoms with van der Waals surface area (Å²) in [5, 5.41) is 5.48. The summed E-state index contributed by atoms with van der Waals surface area (Å²) < 4.78 is 13.9. The predicted molar refractivity (Wildman–Crippen MR) is 73.7 cm³/mol. The van der Waals surface area contributed by atoms with Gasteiger partial charge in [-0.15, -0.1) is 11.3 Å². The number of benzene rings is 1. The molecule has 90 valence electrons. The minimum absolute atomic E-state index is 0.192. The lowest BCUT2D eigenvalue weighted by Gasteiger charge is -2.13. The summed E-state index contributed by atoms with van der Waals surface area (Å²) in [6.45, 7) is 2.91. The molecule has 2 rings (SSSR count). The normalized spacial score (nSPS) is 12.6. The summed E-state index contributed by atoms with van der Waals surface area (Å²) in [7, 11) is 0. The van der Waals surface area contributed by atoms with Crippen molar-refractivity contribution in [2.45, 2.75) is 19.5 Å². The molecule has 0 bridgehead atoms. The molecule has 0 aliphatic carbocycles. The zero-order valence-corrected chi connectivity index (χ0v) is 11.8. The van der Waals surface area contributed by atoms with Crippen LogP contribution in [0.15, 0.2) is 40.2 Å². The second-order valence-electron chi connectivity index (χ2n) is 3.89. The Bertz CT molecular complexity index is 480. The SMILES string of the molecule is CC(NCc1cc(Br)cs1)c1ccc(F)cc1.